The summed E-state index contributed by atoms with van der Waals surface area (Å²) in [5, 5.41) is 11.7. The van der Waals surface area contributed by atoms with E-state index in [9.17, 15) is 4.79 Å². The van der Waals surface area contributed by atoms with Crippen molar-refractivity contribution in [2.75, 3.05) is 18.4 Å². The van der Waals surface area contributed by atoms with Crippen molar-refractivity contribution in [1.82, 2.24) is 19.9 Å². The number of anilines is 1. The first-order chi connectivity index (χ1) is 17.1. The van der Waals surface area contributed by atoms with E-state index in [-0.39, 0.29) is 11.9 Å². The number of amides is 2. The lowest BCUT2D eigenvalue weighted by Gasteiger charge is -2.33. The number of urea groups is 1. The summed E-state index contributed by atoms with van der Waals surface area (Å²) >= 11 is 0. The molecule has 3 aromatic rings. The number of nitrogens with zero attached hydrogens (tertiary/aromatic N) is 5. The molecule has 1 saturated heterocycles. The molecule has 2 fully saturated rings. The highest BCUT2D eigenvalue weighted by atomic mass is 16.5. The van der Waals surface area contributed by atoms with Gasteiger partial charge >= 0.3 is 12.0 Å². The monoisotopic (exact) mass is 466 g/mol. The Morgan fingerprint density at radius 2 is 2.00 bits per heavy atom. The van der Waals surface area contributed by atoms with Crippen LogP contribution in [0.25, 0.3) is 6.08 Å². The maximum Gasteiger partial charge on any atom is 0.321 e. The third kappa shape index (κ3) is 5.64. The molecule has 1 N–H and O–H groups in total. The minimum Gasteiger partial charge on any atom is -0.424 e. The van der Waals surface area contributed by atoms with Crippen molar-refractivity contribution < 1.29 is 9.53 Å². The Morgan fingerprint density at radius 1 is 1.17 bits per heavy atom. The van der Waals surface area contributed by atoms with Crippen LogP contribution in [-0.4, -0.2) is 39.0 Å². The zero-order chi connectivity index (χ0) is 24.2. The van der Waals surface area contributed by atoms with Gasteiger partial charge in [0.2, 0.25) is 0 Å². The number of aromatic nitrogens is 3. The van der Waals surface area contributed by atoms with E-state index in [1.54, 1.807) is 12.1 Å². The van der Waals surface area contributed by atoms with Crippen LogP contribution in [-0.2, 0) is 0 Å². The third-order valence-electron chi connectivity index (χ3n) is 6.33. The van der Waals surface area contributed by atoms with Gasteiger partial charge in [-0.3, -0.25) is 0 Å². The first-order valence-electron chi connectivity index (χ1n) is 11.8. The number of rotatable bonds is 5. The van der Waals surface area contributed by atoms with Crippen molar-refractivity contribution in [2.24, 2.45) is 5.92 Å². The third-order valence-corrected chi connectivity index (χ3v) is 6.33. The number of pyridine rings is 1. The summed E-state index contributed by atoms with van der Waals surface area (Å²) in [5.74, 6) is 1.53. The van der Waals surface area contributed by atoms with Crippen LogP contribution in [0.15, 0.2) is 60.6 Å². The number of piperidine rings is 1. The van der Waals surface area contributed by atoms with E-state index in [1.807, 2.05) is 47.6 Å². The number of nitriles is 1. The van der Waals surface area contributed by atoms with Crippen LogP contribution in [0.2, 0.25) is 0 Å². The average Bonchev–Trinajstić information content (AvgIpc) is 3.72. The quantitative estimate of drug-likeness (QED) is 0.542. The van der Waals surface area contributed by atoms with Gasteiger partial charge in [0.05, 0.1) is 11.9 Å². The summed E-state index contributed by atoms with van der Waals surface area (Å²) in [6, 6.07) is 13.3. The molecule has 35 heavy (non-hydrogen) atoms. The summed E-state index contributed by atoms with van der Waals surface area (Å²) in [4.78, 5) is 27.2. The summed E-state index contributed by atoms with van der Waals surface area (Å²) in [5.41, 5.74) is 4.40. The molecule has 1 saturated carbocycles. The number of nitrogens with one attached hydrogen (secondary N) is 1. The Morgan fingerprint density at radius 3 is 2.69 bits per heavy atom. The molecule has 5 rings (SSSR count). The van der Waals surface area contributed by atoms with Crippen LogP contribution in [0.1, 0.15) is 48.9 Å². The van der Waals surface area contributed by atoms with Crippen molar-refractivity contribution in [3.63, 3.8) is 0 Å². The van der Waals surface area contributed by atoms with Gasteiger partial charge in [-0.1, -0.05) is 30.7 Å². The lowest BCUT2D eigenvalue weighted by molar-refractivity contribution is 0.198. The van der Waals surface area contributed by atoms with E-state index in [0.29, 0.717) is 42.1 Å². The van der Waals surface area contributed by atoms with E-state index < -0.39 is 0 Å². The SMILES string of the molecule is CC1CN(C(=O)Nc2ccc(C#N)nc2)CCC1=Cc1cccc(Oc2ncc(C3CC3)cn2)c1. The predicted molar refractivity (Wildman–Crippen MR) is 132 cm³/mol. The largest absolute Gasteiger partial charge is 0.424 e. The lowest BCUT2D eigenvalue weighted by Crippen LogP contribution is -2.42. The van der Waals surface area contributed by atoms with Crippen molar-refractivity contribution in [3.8, 4) is 17.8 Å². The highest BCUT2D eigenvalue weighted by molar-refractivity contribution is 5.89. The summed E-state index contributed by atoms with van der Waals surface area (Å²) in [6.45, 7) is 3.38. The van der Waals surface area contributed by atoms with Gasteiger partial charge in [-0.15, -0.1) is 0 Å². The van der Waals surface area contributed by atoms with Gasteiger partial charge < -0.3 is 15.0 Å². The second-order valence-electron chi connectivity index (χ2n) is 9.04. The molecule has 1 aliphatic heterocycles. The van der Waals surface area contributed by atoms with Gasteiger partial charge in [0, 0.05) is 25.5 Å². The molecule has 2 aromatic heterocycles. The topological polar surface area (TPSA) is 104 Å². The van der Waals surface area contributed by atoms with Crippen LogP contribution in [0, 0.1) is 17.2 Å². The fourth-order valence-corrected chi connectivity index (χ4v) is 4.18. The Bertz CT molecular complexity index is 1280. The zero-order valence-corrected chi connectivity index (χ0v) is 19.5. The van der Waals surface area contributed by atoms with Crippen LogP contribution in [0.3, 0.4) is 0 Å². The smallest absolute Gasteiger partial charge is 0.321 e. The van der Waals surface area contributed by atoms with Crippen LogP contribution < -0.4 is 10.1 Å². The number of carbonyl (C=O) groups is 1. The second kappa shape index (κ2) is 9.94. The van der Waals surface area contributed by atoms with Crippen LogP contribution in [0.4, 0.5) is 10.5 Å². The zero-order valence-electron chi connectivity index (χ0n) is 19.5. The van der Waals surface area contributed by atoms with Crippen LogP contribution >= 0.6 is 0 Å². The minimum atomic E-state index is -0.162. The molecule has 1 unspecified atom stereocenters. The molecule has 0 radical (unpaired) electrons. The molecule has 176 valence electrons. The molecular weight excluding hydrogens is 440 g/mol. The van der Waals surface area contributed by atoms with Crippen molar-refractivity contribution in [3.05, 3.63) is 77.4 Å². The number of hydrogen-bond donors (Lipinski definition) is 1. The fourth-order valence-electron chi connectivity index (χ4n) is 4.18. The molecule has 1 atom stereocenters. The second-order valence-corrected chi connectivity index (χ2v) is 9.04. The molecule has 2 amide bonds. The first kappa shape index (κ1) is 22.5. The van der Waals surface area contributed by atoms with Gasteiger partial charge in [0.1, 0.15) is 17.5 Å². The van der Waals surface area contributed by atoms with Gasteiger partial charge in [0.25, 0.3) is 0 Å². The van der Waals surface area contributed by atoms with Crippen molar-refractivity contribution >= 4 is 17.8 Å². The van der Waals surface area contributed by atoms with E-state index >= 15 is 0 Å². The van der Waals surface area contributed by atoms with Crippen molar-refractivity contribution in [1.29, 1.82) is 5.26 Å². The maximum absolute atomic E-state index is 12.7. The Balaban J connectivity index is 1.19. The molecule has 2 aliphatic rings. The molecule has 0 bridgehead atoms. The van der Waals surface area contributed by atoms with Gasteiger partial charge in [0.15, 0.2) is 0 Å². The Hall–Kier alpha value is -4.25. The Labute approximate surface area is 204 Å². The molecule has 3 heterocycles. The van der Waals surface area contributed by atoms with E-state index in [1.165, 1.54) is 30.2 Å². The average molecular weight is 467 g/mol. The highest BCUT2D eigenvalue weighted by Crippen LogP contribution is 2.39. The number of benzene rings is 1. The molecule has 0 spiro atoms. The fraction of sp³-hybridized carbons (Fsp3) is 0.296. The molecule has 1 aromatic carbocycles. The van der Waals surface area contributed by atoms with E-state index in [4.69, 9.17) is 10.00 Å². The van der Waals surface area contributed by atoms with Gasteiger partial charge in [-0.25, -0.2) is 19.7 Å². The van der Waals surface area contributed by atoms with Gasteiger partial charge in [-0.2, -0.15) is 5.26 Å². The highest BCUT2D eigenvalue weighted by Gasteiger charge is 2.25. The first-order valence-corrected chi connectivity index (χ1v) is 11.8. The molecule has 8 heteroatoms. The maximum atomic E-state index is 12.7. The summed E-state index contributed by atoms with van der Waals surface area (Å²) < 4.78 is 5.87. The number of carbonyl (C=O) groups excluding carboxylic acids is 1. The predicted octanol–water partition coefficient (Wildman–Crippen LogP) is 5.37. The van der Waals surface area contributed by atoms with Crippen molar-refractivity contribution in [2.45, 2.75) is 32.1 Å². The normalized spacial score (nSPS) is 18.7. The van der Waals surface area contributed by atoms with Crippen LogP contribution in [0.5, 0.6) is 11.8 Å². The van der Waals surface area contributed by atoms with E-state index in [0.717, 1.165) is 12.0 Å². The Kier molecular flexibility index (Phi) is 6.40. The van der Waals surface area contributed by atoms with Gasteiger partial charge in [-0.05, 0) is 66.5 Å². The summed E-state index contributed by atoms with van der Waals surface area (Å²) in [7, 11) is 0. The molecule has 1 aliphatic carbocycles. The van der Waals surface area contributed by atoms with E-state index in [2.05, 4.69) is 33.3 Å². The standard InChI is InChI=1S/C27H26N6O2/c1-18-17-33(27(34)32-24-8-7-23(13-28)29-16-24)10-9-21(18)11-19-3-2-4-25(12-19)35-26-30-14-22(15-31-26)20-5-6-20/h2-4,7-8,11-12,14-16,18,20H,5-6,9-10,17H2,1H3,(H,32,34). The minimum absolute atomic E-state index is 0.162. The summed E-state index contributed by atoms with van der Waals surface area (Å²) in [6.07, 6.45) is 10.6. The number of hydrogen-bond acceptors (Lipinski definition) is 6. The molecular formula is C27H26N6O2. The number of ether oxygens (including phenoxy) is 1. The number of likely N-dealkylation sites (tertiary alicyclic amines) is 1. The lowest BCUT2D eigenvalue weighted by atomic mass is 9.91. The molecule has 8 nitrogen and oxygen atoms in total.